The molecule has 3 N–H and O–H groups in total. The largest absolute Gasteiger partial charge is 0.468 e. The summed E-state index contributed by atoms with van der Waals surface area (Å²) in [5.41, 5.74) is 1.51. The number of hydrogen-bond acceptors (Lipinski definition) is 6. The zero-order valence-corrected chi connectivity index (χ0v) is 13.5. The normalized spacial score (nSPS) is 23.1. The second-order valence-corrected chi connectivity index (χ2v) is 5.75. The first-order chi connectivity index (χ1) is 11.5. The number of nitrogens with one attached hydrogen (secondary N) is 2. The van der Waals surface area contributed by atoms with Gasteiger partial charge in [-0.3, -0.25) is 9.59 Å². The van der Waals surface area contributed by atoms with Crippen molar-refractivity contribution < 1.29 is 19.4 Å². The van der Waals surface area contributed by atoms with E-state index in [-0.39, 0.29) is 12.6 Å². The van der Waals surface area contributed by atoms with Gasteiger partial charge in [-0.2, -0.15) is 5.26 Å². The first-order valence-electron chi connectivity index (χ1n) is 7.81. The molecule has 1 aliphatic rings. The van der Waals surface area contributed by atoms with Gasteiger partial charge in [0.25, 0.3) is 0 Å². The average molecular weight is 331 g/mol. The quantitative estimate of drug-likeness (QED) is 0.648. The first kappa shape index (κ1) is 17.9. The maximum Gasteiger partial charge on any atom is 0.325 e. The van der Waals surface area contributed by atoms with Crippen molar-refractivity contribution in [3.05, 3.63) is 35.4 Å². The van der Waals surface area contributed by atoms with Gasteiger partial charge in [-0.05, 0) is 30.9 Å². The highest BCUT2D eigenvalue weighted by atomic mass is 16.5. The molecule has 0 bridgehead atoms. The molecule has 1 saturated heterocycles. The topological polar surface area (TPSA) is 111 Å². The van der Waals surface area contributed by atoms with Gasteiger partial charge in [-0.1, -0.05) is 18.2 Å². The third-order valence-corrected chi connectivity index (χ3v) is 4.13. The van der Waals surface area contributed by atoms with Gasteiger partial charge in [0.05, 0.1) is 24.8 Å². The number of carbonyl (C=O) groups is 2. The predicted octanol–water partition coefficient (Wildman–Crippen LogP) is -0.129. The number of carbonyl (C=O) groups excluding carboxylic acids is 2. The van der Waals surface area contributed by atoms with Crippen LogP contribution in [0.4, 0.5) is 0 Å². The van der Waals surface area contributed by atoms with Gasteiger partial charge in [-0.15, -0.1) is 0 Å². The molecule has 3 unspecified atom stereocenters. The molecule has 7 heteroatoms. The van der Waals surface area contributed by atoms with Crippen LogP contribution in [0.25, 0.3) is 0 Å². The zero-order chi connectivity index (χ0) is 17.5. The fourth-order valence-electron chi connectivity index (χ4n) is 2.81. The van der Waals surface area contributed by atoms with Gasteiger partial charge in [0.15, 0.2) is 0 Å². The lowest BCUT2D eigenvalue weighted by molar-refractivity contribution is -0.142. The second-order valence-electron chi connectivity index (χ2n) is 5.75. The maximum absolute atomic E-state index is 12.2. The molecule has 3 atom stereocenters. The lowest BCUT2D eigenvalue weighted by Gasteiger charge is -2.34. The summed E-state index contributed by atoms with van der Waals surface area (Å²) in [5.74, 6) is -0.987. The Bertz CT molecular complexity index is 641. The Balaban J connectivity index is 1.98. The summed E-state index contributed by atoms with van der Waals surface area (Å²) in [7, 11) is 1.24. The van der Waals surface area contributed by atoms with E-state index in [0.29, 0.717) is 24.8 Å². The van der Waals surface area contributed by atoms with Crippen LogP contribution in [0.1, 0.15) is 24.0 Å². The van der Waals surface area contributed by atoms with Crippen LogP contribution in [-0.4, -0.2) is 48.8 Å². The Morgan fingerprint density at radius 2 is 2.17 bits per heavy atom. The Kier molecular flexibility index (Phi) is 6.29. The molecule has 0 saturated carbocycles. The standard InChI is InChI=1S/C17H21N3O4/c1-24-15(22)10-19-17(23)16-14(21)7-6-13(20-16)8-11-4-2-3-5-12(11)9-18/h2-5,13-14,16,20-21H,6-8,10H2,1H3,(H,19,23). The van der Waals surface area contributed by atoms with E-state index in [1.54, 1.807) is 6.07 Å². The molecule has 128 valence electrons. The molecular weight excluding hydrogens is 310 g/mol. The fraction of sp³-hybridized carbons (Fsp3) is 0.471. The van der Waals surface area contributed by atoms with Crippen molar-refractivity contribution in [2.45, 2.75) is 37.5 Å². The average Bonchev–Trinajstić information content (AvgIpc) is 2.61. The molecule has 1 amide bonds. The van der Waals surface area contributed by atoms with E-state index in [9.17, 15) is 14.7 Å². The number of aliphatic hydroxyl groups excluding tert-OH is 1. The molecule has 24 heavy (non-hydrogen) atoms. The number of benzene rings is 1. The lowest BCUT2D eigenvalue weighted by atomic mass is 9.90. The smallest absolute Gasteiger partial charge is 0.325 e. The van der Waals surface area contributed by atoms with Crippen LogP contribution in [0.5, 0.6) is 0 Å². The van der Waals surface area contributed by atoms with Gasteiger partial charge in [-0.25, -0.2) is 0 Å². The molecule has 7 nitrogen and oxygen atoms in total. The number of aliphatic hydroxyl groups is 1. The van der Waals surface area contributed by atoms with Crippen LogP contribution in [-0.2, 0) is 20.7 Å². The predicted molar refractivity (Wildman–Crippen MR) is 85.8 cm³/mol. The van der Waals surface area contributed by atoms with E-state index in [1.807, 2.05) is 18.2 Å². The third kappa shape index (κ3) is 4.54. The highest BCUT2D eigenvalue weighted by Crippen LogP contribution is 2.19. The van der Waals surface area contributed by atoms with E-state index in [1.165, 1.54) is 7.11 Å². The van der Waals surface area contributed by atoms with Gasteiger partial charge in [0.2, 0.25) is 5.91 Å². The van der Waals surface area contributed by atoms with Crippen LogP contribution in [0.15, 0.2) is 24.3 Å². The highest BCUT2D eigenvalue weighted by molar-refractivity contribution is 5.86. The Morgan fingerprint density at radius 1 is 1.42 bits per heavy atom. The van der Waals surface area contributed by atoms with Crippen LogP contribution in [0.2, 0.25) is 0 Å². The van der Waals surface area contributed by atoms with E-state index >= 15 is 0 Å². The SMILES string of the molecule is COC(=O)CNC(=O)C1NC(Cc2ccccc2C#N)CCC1O. The summed E-state index contributed by atoms with van der Waals surface area (Å²) in [4.78, 5) is 23.3. The van der Waals surface area contributed by atoms with Crippen molar-refractivity contribution in [3.8, 4) is 6.07 Å². The minimum absolute atomic E-state index is 0.0308. The molecule has 2 rings (SSSR count). The Morgan fingerprint density at radius 3 is 2.88 bits per heavy atom. The van der Waals surface area contributed by atoms with Crippen LogP contribution >= 0.6 is 0 Å². The van der Waals surface area contributed by atoms with Crippen molar-refractivity contribution in [2.75, 3.05) is 13.7 Å². The van der Waals surface area contributed by atoms with E-state index in [0.717, 1.165) is 5.56 Å². The van der Waals surface area contributed by atoms with Crippen LogP contribution < -0.4 is 10.6 Å². The van der Waals surface area contributed by atoms with Gasteiger partial charge < -0.3 is 20.5 Å². The molecule has 1 aromatic rings. The minimum atomic E-state index is -0.815. The zero-order valence-electron chi connectivity index (χ0n) is 13.5. The molecule has 0 aromatic heterocycles. The third-order valence-electron chi connectivity index (χ3n) is 4.13. The summed E-state index contributed by atoms with van der Waals surface area (Å²) in [5, 5.41) is 24.8. The molecule has 1 fully saturated rings. The number of methoxy groups -OCH3 is 1. The summed E-state index contributed by atoms with van der Waals surface area (Å²) < 4.78 is 4.47. The summed E-state index contributed by atoms with van der Waals surface area (Å²) in [6.45, 7) is -0.234. The number of ether oxygens (including phenoxy) is 1. The van der Waals surface area contributed by atoms with Crippen molar-refractivity contribution in [2.24, 2.45) is 0 Å². The minimum Gasteiger partial charge on any atom is -0.468 e. The molecule has 0 aliphatic carbocycles. The van der Waals surface area contributed by atoms with Gasteiger partial charge in [0, 0.05) is 6.04 Å². The highest BCUT2D eigenvalue weighted by Gasteiger charge is 2.33. The number of rotatable bonds is 5. The fourth-order valence-corrected chi connectivity index (χ4v) is 2.81. The second kappa shape index (κ2) is 8.43. The molecular formula is C17H21N3O4. The number of nitrogens with zero attached hydrogens (tertiary/aromatic N) is 1. The number of amides is 1. The molecule has 0 radical (unpaired) electrons. The summed E-state index contributed by atoms with van der Waals surface area (Å²) in [6, 6.07) is 8.66. The van der Waals surface area contributed by atoms with E-state index < -0.39 is 24.0 Å². The maximum atomic E-state index is 12.2. The first-order valence-corrected chi connectivity index (χ1v) is 7.81. The number of piperidine rings is 1. The monoisotopic (exact) mass is 331 g/mol. The number of hydrogen-bond donors (Lipinski definition) is 3. The molecule has 1 heterocycles. The van der Waals surface area contributed by atoms with Crippen LogP contribution in [0.3, 0.4) is 0 Å². The van der Waals surface area contributed by atoms with E-state index in [2.05, 4.69) is 21.4 Å². The number of esters is 1. The van der Waals surface area contributed by atoms with Crippen molar-refractivity contribution in [1.82, 2.24) is 10.6 Å². The van der Waals surface area contributed by atoms with Crippen LogP contribution in [0, 0.1) is 11.3 Å². The van der Waals surface area contributed by atoms with Crippen molar-refractivity contribution >= 4 is 11.9 Å². The number of nitriles is 1. The van der Waals surface area contributed by atoms with Gasteiger partial charge in [0.1, 0.15) is 12.6 Å². The Hall–Kier alpha value is -2.43. The van der Waals surface area contributed by atoms with E-state index in [4.69, 9.17) is 5.26 Å². The Labute approximate surface area is 140 Å². The lowest BCUT2D eigenvalue weighted by Crippen LogP contribution is -2.58. The summed E-state index contributed by atoms with van der Waals surface area (Å²) in [6.07, 6.45) is 0.951. The molecule has 1 aromatic carbocycles. The van der Waals surface area contributed by atoms with Gasteiger partial charge >= 0.3 is 5.97 Å². The molecule has 1 aliphatic heterocycles. The molecule has 0 spiro atoms. The summed E-state index contributed by atoms with van der Waals surface area (Å²) >= 11 is 0. The van der Waals surface area contributed by atoms with Crippen molar-refractivity contribution in [3.63, 3.8) is 0 Å². The van der Waals surface area contributed by atoms with Crippen molar-refractivity contribution in [1.29, 1.82) is 5.26 Å².